The summed E-state index contributed by atoms with van der Waals surface area (Å²) in [6.45, 7) is 1.98. The number of hydrogen-bond acceptors (Lipinski definition) is 6. The standard InChI is InChI=1S/C8H10N4OS/c1-5-10-6(4-14-5)3-7-11-8(9-2)13-12-7/h4H,3H2,1-2H3,(H,9,11,12). The van der Waals surface area contributed by atoms with Gasteiger partial charge in [0.15, 0.2) is 5.82 Å². The molecule has 2 rings (SSSR count). The Kier molecular flexibility index (Phi) is 2.45. The van der Waals surface area contributed by atoms with E-state index in [0.717, 1.165) is 10.7 Å². The van der Waals surface area contributed by atoms with E-state index in [9.17, 15) is 0 Å². The van der Waals surface area contributed by atoms with Crippen LogP contribution in [0.4, 0.5) is 6.01 Å². The molecule has 2 aromatic rings. The third-order valence-electron chi connectivity index (χ3n) is 1.69. The van der Waals surface area contributed by atoms with Crippen LogP contribution in [0.1, 0.15) is 16.5 Å². The zero-order valence-corrected chi connectivity index (χ0v) is 8.76. The lowest BCUT2D eigenvalue weighted by Gasteiger charge is -1.87. The second-order valence-corrected chi connectivity index (χ2v) is 3.86. The number of aromatic nitrogens is 3. The Bertz CT molecular complexity index is 422. The Morgan fingerprint density at radius 1 is 1.50 bits per heavy atom. The normalized spacial score (nSPS) is 10.4. The van der Waals surface area contributed by atoms with Gasteiger partial charge in [0.2, 0.25) is 0 Å². The number of aryl methyl sites for hydroxylation is 1. The molecule has 0 amide bonds. The molecule has 6 heteroatoms. The summed E-state index contributed by atoms with van der Waals surface area (Å²) >= 11 is 1.62. The van der Waals surface area contributed by atoms with Gasteiger partial charge in [-0.1, -0.05) is 5.16 Å². The van der Waals surface area contributed by atoms with Crippen molar-refractivity contribution in [1.29, 1.82) is 0 Å². The zero-order valence-electron chi connectivity index (χ0n) is 7.94. The van der Waals surface area contributed by atoms with Crippen molar-refractivity contribution in [3.05, 3.63) is 21.9 Å². The SMILES string of the molecule is CNc1nc(Cc2csc(C)n2)no1. The van der Waals surface area contributed by atoms with Crippen molar-refractivity contribution in [2.75, 3.05) is 12.4 Å². The Hall–Kier alpha value is -1.43. The molecule has 0 aliphatic heterocycles. The van der Waals surface area contributed by atoms with E-state index in [1.807, 2.05) is 12.3 Å². The minimum atomic E-state index is 0.437. The summed E-state index contributed by atoms with van der Waals surface area (Å²) in [5.41, 5.74) is 0.982. The van der Waals surface area contributed by atoms with Crippen LogP contribution in [0.15, 0.2) is 9.90 Å². The largest absolute Gasteiger partial charge is 0.341 e. The number of nitrogens with zero attached hydrogens (tertiary/aromatic N) is 3. The summed E-state index contributed by atoms with van der Waals surface area (Å²) in [6, 6.07) is 0.437. The summed E-state index contributed by atoms with van der Waals surface area (Å²) in [4.78, 5) is 8.43. The first-order valence-corrected chi connectivity index (χ1v) is 5.07. The monoisotopic (exact) mass is 210 g/mol. The number of nitrogens with one attached hydrogen (secondary N) is 1. The molecular formula is C8H10N4OS. The lowest BCUT2D eigenvalue weighted by atomic mass is 10.3. The van der Waals surface area contributed by atoms with Crippen LogP contribution in [-0.4, -0.2) is 22.2 Å². The van der Waals surface area contributed by atoms with Crippen LogP contribution < -0.4 is 5.32 Å². The number of anilines is 1. The molecule has 5 nitrogen and oxygen atoms in total. The summed E-state index contributed by atoms with van der Waals surface area (Å²) in [5, 5.41) is 9.65. The lowest BCUT2D eigenvalue weighted by Crippen LogP contribution is -1.92. The van der Waals surface area contributed by atoms with Crippen molar-refractivity contribution in [3.63, 3.8) is 0 Å². The van der Waals surface area contributed by atoms with Crippen molar-refractivity contribution in [3.8, 4) is 0 Å². The molecule has 0 spiro atoms. The van der Waals surface area contributed by atoms with Gasteiger partial charge in [-0.3, -0.25) is 0 Å². The average Bonchev–Trinajstić information content (AvgIpc) is 2.76. The first kappa shape index (κ1) is 9.14. The van der Waals surface area contributed by atoms with Crippen LogP contribution in [0.2, 0.25) is 0 Å². The summed E-state index contributed by atoms with van der Waals surface area (Å²) in [5.74, 6) is 0.652. The van der Waals surface area contributed by atoms with Crippen molar-refractivity contribution < 1.29 is 4.52 Å². The third kappa shape index (κ3) is 1.90. The molecule has 0 atom stereocenters. The van der Waals surface area contributed by atoms with Crippen molar-refractivity contribution in [1.82, 2.24) is 15.1 Å². The number of rotatable bonds is 3. The maximum atomic E-state index is 4.90. The highest BCUT2D eigenvalue weighted by Crippen LogP contribution is 2.12. The Morgan fingerprint density at radius 2 is 2.36 bits per heavy atom. The van der Waals surface area contributed by atoms with Gasteiger partial charge in [0.25, 0.3) is 0 Å². The van der Waals surface area contributed by atoms with Crippen molar-refractivity contribution >= 4 is 17.4 Å². The van der Waals surface area contributed by atoms with Crippen LogP contribution in [0.25, 0.3) is 0 Å². The maximum Gasteiger partial charge on any atom is 0.321 e. The van der Waals surface area contributed by atoms with Crippen LogP contribution in [-0.2, 0) is 6.42 Å². The van der Waals surface area contributed by atoms with Gasteiger partial charge in [-0.15, -0.1) is 11.3 Å². The highest BCUT2D eigenvalue weighted by molar-refractivity contribution is 7.09. The van der Waals surface area contributed by atoms with Gasteiger partial charge in [-0.25, -0.2) is 4.98 Å². The Balaban J connectivity index is 2.10. The lowest BCUT2D eigenvalue weighted by molar-refractivity contribution is 0.425. The van der Waals surface area contributed by atoms with Gasteiger partial charge >= 0.3 is 6.01 Å². The van der Waals surface area contributed by atoms with E-state index in [4.69, 9.17) is 4.52 Å². The van der Waals surface area contributed by atoms with E-state index in [1.165, 1.54) is 0 Å². The minimum Gasteiger partial charge on any atom is -0.341 e. The molecule has 0 saturated carbocycles. The highest BCUT2D eigenvalue weighted by atomic mass is 32.1. The van der Waals surface area contributed by atoms with E-state index in [2.05, 4.69) is 20.4 Å². The number of hydrogen-bond donors (Lipinski definition) is 1. The van der Waals surface area contributed by atoms with Gasteiger partial charge in [0.05, 0.1) is 17.1 Å². The molecule has 0 bridgehead atoms. The van der Waals surface area contributed by atoms with Crippen LogP contribution in [0, 0.1) is 6.92 Å². The molecule has 0 saturated heterocycles. The molecular weight excluding hydrogens is 200 g/mol. The molecule has 0 radical (unpaired) electrons. The average molecular weight is 210 g/mol. The summed E-state index contributed by atoms with van der Waals surface area (Å²) in [7, 11) is 1.74. The molecule has 1 N–H and O–H groups in total. The molecule has 0 unspecified atom stereocenters. The second-order valence-electron chi connectivity index (χ2n) is 2.80. The van der Waals surface area contributed by atoms with Gasteiger partial charge < -0.3 is 9.84 Å². The Labute approximate surface area is 85.2 Å². The molecule has 2 heterocycles. The fourth-order valence-electron chi connectivity index (χ4n) is 1.08. The first-order valence-electron chi connectivity index (χ1n) is 4.19. The van der Waals surface area contributed by atoms with E-state index in [0.29, 0.717) is 18.3 Å². The van der Waals surface area contributed by atoms with Crippen LogP contribution in [0.5, 0.6) is 0 Å². The smallest absolute Gasteiger partial charge is 0.321 e. The van der Waals surface area contributed by atoms with Gasteiger partial charge in [0.1, 0.15) is 0 Å². The maximum absolute atomic E-state index is 4.90. The first-order chi connectivity index (χ1) is 6.78. The van der Waals surface area contributed by atoms with Crippen LogP contribution in [0.3, 0.4) is 0 Å². The zero-order chi connectivity index (χ0) is 9.97. The second kappa shape index (κ2) is 3.75. The van der Waals surface area contributed by atoms with Gasteiger partial charge in [-0.2, -0.15) is 4.98 Å². The fourth-order valence-corrected chi connectivity index (χ4v) is 1.69. The van der Waals surface area contributed by atoms with E-state index in [1.54, 1.807) is 18.4 Å². The molecule has 0 aliphatic carbocycles. The predicted octanol–water partition coefficient (Wildman–Crippen LogP) is 1.47. The molecule has 2 aromatic heterocycles. The van der Waals surface area contributed by atoms with E-state index >= 15 is 0 Å². The predicted molar refractivity (Wildman–Crippen MR) is 53.5 cm³/mol. The minimum absolute atomic E-state index is 0.437. The quantitative estimate of drug-likeness (QED) is 0.831. The Morgan fingerprint density at radius 3 is 2.93 bits per heavy atom. The molecule has 0 aliphatic rings. The summed E-state index contributed by atoms with van der Waals surface area (Å²) in [6.07, 6.45) is 0.621. The molecule has 14 heavy (non-hydrogen) atoms. The van der Waals surface area contributed by atoms with Gasteiger partial charge in [0, 0.05) is 12.4 Å². The van der Waals surface area contributed by atoms with Crippen molar-refractivity contribution in [2.24, 2.45) is 0 Å². The number of thiazole rings is 1. The molecule has 74 valence electrons. The summed E-state index contributed by atoms with van der Waals surface area (Å²) < 4.78 is 4.90. The molecule has 0 aromatic carbocycles. The topological polar surface area (TPSA) is 63.8 Å². The third-order valence-corrected chi connectivity index (χ3v) is 2.51. The van der Waals surface area contributed by atoms with E-state index in [-0.39, 0.29) is 0 Å². The van der Waals surface area contributed by atoms with Crippen molar-refractivity contribution in [2.45, 2.75) is 13.3 Å². The highest BCUT2D eigenvalue weighted by Gasteiger charge is 2.07. The fraction of sp³-hybridized carbons (Fsp3) is 0.375. The van der Waals surface area contributed by atoms with Gasteiger partial charge in [-0.05, 0) is 6.92 Å². The molecule has 0 fully saturated rings. The van der Waals surface area contributed by atoms with E-state index < -0.39 is 0 Å². The van der Waals surface area contributed by atoms with Crippen LogP contribution >= 0.6 is 11.3 Å².